The van der Waals surface area contributed by atoms with Crippen LogP contribution in [0.4, 0.5) is 5.69 Å². The monoisotopic (exact) mass is 259 g/mol. The number of halogens is 1. The van der Waals surface area contributed by atoms with Crippen molar-refractivity contribution in [1.82, 2.24) is 0 Å². The van der Waals surface area contributed by atoms with Crippen LogP contribution in [-0.2, 0) is 13.0 Å². The van der Waals surface area contributed by atoms with E-state index in [0.29, 0.717) is 0 Å². The van der Waals surface area contributed by atoms with Crippen molar-refractivity contribution in [2.45, 2.75) is 26.8 Å². The Balaban J connectivity index is 2.09. The molecule has 0 atom stereocenters. The summed E-state index contributed by atoms with van der Waals surface area (Å²) in [5, 5.41) is 4.30. The van der Waals surface area contributed by atoms with E-state index in [4.69, 9.17) is 11.6 Å². The fraction of sp³-hybridized carbons (Fsp3) is 0.250. The molecule has 0 aliphatic carbocycles. The van der Waals surface area contributed by atoms with E-state index in [-0.39, 0.29) is 0 Å². The maximum atomic E-state index is 6.13. The summed E-state index contributed by atoms with van der Waals surface area (Å²) in [6.45, 7) is 4.99. The molecule has 0 aromatic heterocycles. The highest BCUT2D eigenvalue weighted by atomic mass is 35.5. The average molecular weight is 260 g/mol. The van der Waals surface area contributed by atoms with Crippen molar-refractivity contribution in [2.24, 2.45) is 0 Å². The largest absolute Gasteiger partial charge is 0.381 e. The zero-order valence-electron chi connectivity index (χ0n) is 10.8. The summed E-state index contributed by atoms with van der Waals surface area (Å²) < 4.78 is 0. The maximum absolute atomic E-state index is 6.13. The van der Waals surface area contributed by atoms with Gasteiger partial charge in [0.2, 0.25) is 0 Å². The molecule has 0 aliphatic heterocycles. The van der Waals surface area contributed by atoms with E-state index in [1.807, 2.05) is 13.0 Å². The minimum atomic E-state index is 0.803. The van der Waals surface area contributed by atoms with Gasteiger partial charge < -0.3 is 5.32 Å². The van der Waals surface area contributed by atoms with Crippen molar-refractivity contribution >= 4 is 17.3 Å². The normalized spacial score (nSPS) is 10.4. The summed E-state index contributed by atoms with van der Waals surface area (Å²) >= 11 is 6.13. The van der Waals surface area contributed by atoms with Crippen LogP contribution >= 0.6 is 11.6 Å². The zero-order chi connectivity index (χ0) is 13.0. The SMILES string of the molecule is CCc1ccccc1NCc1ccc(C)c(Cl)c1. The van der Waals surface area contributed by atoms with Crippen LogP contribution in [0.15, 0.2) is 42.5 Å². The van der Waals surface area contributed by atoms with Crippen LogP contribution in [0.1, 0.15) is 23.6 Å². The molecule has 1 N–H and O–H groups in total. The quantitative estimate of drug-likeness (QED) is 0.830. The van der Waals surface area contributed by atoms with Crippen LogP contribution in [0.25, 0.3) is 0 Å². The van der Waals surface area contributed by atoms with Crippen molar-refractivity contribution in [1.29, 1.82) is 0 Å². The van der Waals surface area contributed by atoms with Gasteiger partial charge >= 0.3 is 0 Å². The zero-order valence-corrected chi connectivity index (χ0v) is 11.6. The van der Waals surface area contributed by atoms with Crippen LogP contribution in [0.3, 0.4) is 0 Å². The van der Waals surface area contributed by atoms with Gasteiger partial charge in [-0.2, -0.15) is 0 Å². The third-order valence-electron chi connectivity index (χ3n) is 3.12. The predicted octanol–water partition coefficient (Wildman–Crippen LogP) is 4.82. The van der Waals surface area contributed by atoms with Crippen molar-refractivity contribution < 1.29 is 0 Å². The van der Waals surface area contributed by atoms with Gasteiger partial charge in [0, 0.05) is 17.3 Å². The minimum Gasteiger partial charge on any atom is -0.381 e. The smallest absolute Gasteiger partial charge is 0.0438 e. The second kappa shape index (κ2) is 5.92. The average Bonchev–Trinajstić information content (AvgIpc) is 2.40. The number of hydrogen-bond acceptors (Lipinski definition) is 1. The molecule has 2 aromatic rings. The van der Waals surface area contributed by atoms with Crippen LogP contribution < -0.4 is 5.32 Å². The van der Waals surface area contributed by atoms with Crippen LogP contribution in [-0.4, -0.2) is 0 Å². The Morgan fingerprint density at radius 2 is 1.89 bits per heavy atom. The van der Waals surface area contributed by atoms with Gasteiger partial charge in [-0.25, -0.2) is 0 Å². The first kappa shape index (κ1) is 13.0. The summed E-state index contributed by atoms with van der Waals surface area (Å²) in [7, 11) is 0. The molecule has 94 valence electrons. The van der Waals surface area contributed by atoms with E-state index in [1.54, 1.807) is 0 Å². The van der Waals surface area contributed by atoms with Crippen LogP contribution in [0.5, 0.6) is 0 Å². The van der Waals surface area contributed by atoms with Crippen molar-refractivity contribution in [3.05, 3.63) is 64.2 Å². The van der Waals surface area contributed by atoms with E-state index in [2.05, 4.69) is 48.6 Å². The summed E-state index contributed by atoms with van der Waals surface area (Å²) in [5.41, 5.74) is 4.87. The number of benzene rings is 2. The van der Waals surface area contributed by atoms with Gasteiger partial charge in [-0.15, -0.1) is 0 Å². The highest BCUT2D eigenvalue weighted by Crippen LogP contribution is 2.19. The lowest BCUT2D eigenvalue weighted by molar-refractivity contribution is 1.09. The number of anilines is 1. The Morgan fingerprint density at radius 3 is 2.61 bits per heavy atom. The summed E-state index contributed by atoms with van der Waals surface area (Å²) in [6, 6.07) is 14.6. The Bertz CT molecular complexity index is 534. The summed E-state index contributed by atoms with van der Waals surface area (Å²) in [6.07, 6.45) is 1.04. The Hall–Kier alpha value is -1.47. The van der Waals surface area contributed by atoms with Crippen LogP contribution in [0.2, 0.25) is 5.02 Å². The van der Waals surface area contributed by atoms with Crippen LogP contribution in [0, 0.1) is 6.92 Å². The Labute approximate surface area is 114 Å². The molecule has 18 heavy (non-hydrogen) atoms. The molecule has 1 nitrogen and oxygen atoms in total. The van der Waals surface area contributed by atoms with Gasteiger partial charge in [0.15, 0.2) is 0 Å². The van der Waals surface area contributed by atoms with Gasteiger partial charge in [0.05, 0.1) is 0 Å². The molecule has 2 heteroatoms. The minimum absolute atomic E-state index is 0.803. The predicted molar refractivity (Wildman–Crippen MR) is 79.3 cm³/mol. The molecule has 0 amide bonds. The second-order valence-corrected chi connectivity index (χ2v) is 4.85. The third-order valence-corrected chi connectivity index (χ3v) is 3.52. The Morgan fingerprint density at radius 1 is 1.11 bits per heavy atom. The highest BCUT2D eigenvalue weighted by Gasteiger charge is 2.01. The molecule has 0 fully saturated rings. The fourth-order valence-corrected chi connectivity index (χ4v) is 2.15. The van der Waals surface area contributed by atoms with Gasteiger partial charge in [0.25, 0.3) is 0 Å². The standard InChI is InChI=1S/C16H18ClN/c1-3-14-6-4-5-7-16(14)18-11-13-9-8-12(2)15(17)10-13/h4-10,18H,3,11H2,1-2H3. The first-order chi connectivity index (χ1) is 8.70. The molecule has 0 radical (unpaired) electrons. The van der Waals surface area contributed by atoms with E-state index in [1.165, 1.54) is 16.8 Å². The molecule has 2 rings (SSSR count). The number of para-hydroxylation sites is 1. The van der Waals surface area contributed by atoms with Gasteiger partial charge in [-0.1, -0.05) is 48.9 Å². The molecule has 0 aliphatic rings. The number of rotatable bonds is 4. The molecule has 0 saturated heterocycles. The Kier molecular flexibility index (Phi) is 4.27. The lowest BCUT2D eigenvalue weighted by Crippen LogP contribution is -2.02. The highest BCUT2D eigenvalue weighted by molar-refractivity contribution is 6.31. The molecule has 0 unspecified atom stereocenters. The van der Waals surface area contributed by atoms with Crippen molar-refractivity contribution in [3.8, 4) is 0 Å². The van der Waals surface area contributed by atoms with E-state index >= 15 is 0 Å². The van der Waals surface area contributed by atoms with E-state index in [0.717, 1.165) is 23.6 Å². The molecular weight excluding hydrogens is 242 g/mol. The lowest BCUT2D eigenvalue weighted by Gasteiger charge is -2.11. The fourth-order valence-electron chi connectivity index (χ4n) is 1.94. The van der Waals surface area contributed by atoms with Crippen molar-refractivity contribution in [2.75, 3.05) is 5.32 Å². The third kappa shape index (κ3) is 3.05. The first-order valence-electron chi connectivity index (χ1n) is 6.27. The van der Waals surface area contributed by atoms with Gasteiger partial charge in [0.1, 0.15) is 0 Å². The van der Waals surface area contributed by atoms with E-state index in [9.17, 15) is 0 Å². The molecule has 0 heterocycles. The molecule has 0 bridgehead atoms. The van der Waals surface area contributed by atoms with Gasteiger partial charge in [-0.3, -0.25) is 0 Å². The lowest BCUT2D eigenvalue weighted by atomic mass is 10.1. The first-order valence-corrected chi connectivity index (χ1v) is 6.65. The van der Waals surface area contributed by atoms with Crippen molar-refractivity contribution in [3.63, 3.8) is 0 Å². The topological polar surface area (TPSA) is 12.0 Å². The molecule has 2 aromatic carbocycles. The number of hydrogen-bond donors (Lipinski definition) is 1. The van der Waals surface area contributed by atoms with E-state index < -0.39 is 0 Å². The molecule has 0 saturated carbocycles. The summed E-state index contributed by atoms with van der Waals surface area (Å²) in [5.74, 6) is 0. The molecular formula is C16H18ClN. The number of aryl methyl sites for hydroxylation is 2. The maximum Gasteiger partial charge on any atom is 0.0438 e. The second-order valence-electron chi connectivity index (χ2n) is 4.45. The number of nitrogens with one attached hydrogen (secondary N) is 1. The molecule has 0 spiro atoms. The van der Waals surface area contributed by atoms with Gasteiger partial charge in [-0.05, 0) is 42.2 Å². The summed E-state index contributed by atoms with van der Waals surface area (Å²) in [4.78, 5) is 0.